The van der Waals surface area contributed by atoms with Gasteiger partial charge in [0.1, 0.15) is 11.6 Å². The SMILES string of the molecule is O=C(c1ccc(Br)cc1)N1CCSC(c2cc(F)ccc2F)CC1. The van der Waals surface area contributed by atoms with E-state index in [2.05, 4.69) is 15.9 Å². The standard InChI is InChI=1S/C18H16BrF2NOS/c19-13-3-1-12(2-4-13)18(23)22-8-7-17(24-10-9-22)15-11-14(20)5-6-16(15)21/h1-6,11,17H,7-10H2. The van der Waals surface area contributed by atoms with Gasteiger partial charge in [0, 0.05) is 39.7 Å². The van der Waals surface area contributed by atoms with Crippen molar-refractivity contribution in [1.82, 2.24) is 4.90 Å². The van der Waals surface area contributed by atoms with Gasteiger partial charge in [-0.05, 0) is 48.9 Å². The van der Waals surface area contributed by atoms with Crippen molar-refractivity contribution in [1.29, 1.82) is 0 Å². The summed E-state index contributed by atoms with van der Waals surface area (Å²) in [5.74, 6) is -0.146. The second-order valence-corrected chi connectivity index (χ2v) is 7.84. The topological polar surface area (TPSA) is 20.3 Å². The zero-order chi connectivity index (χ0) is 17.1. The number of halogens is 3. The number of hydrogen-bond acceptors (Lipinski definition) is 2. The molecule has 1 saturated heterocycles. The fraction of sp³-hybridized carbons (Fsp3) is 0.278. The molecule has 24 heavy (non-hydrogen) atoms. The molecule has 3 rings (SSSR count). The molecule has 0 N–H and O–H groups in total. The lowest BCUT2D eigenvalue weighted by Crippen LogP contribution is -2.32. The number of benzene rings is 2. The summed E-state index contributed by atoms with van der Waals surface area (Å²) < 4.78 is 28.3. The lowest BCUT2D eigenvalue weighted by molar-refractivity contribution is 0.0766. The van der Waals surface area contributed by atoms with Crippen molar-refractivity contribution in [2.75, 3.05) is 18.8 Å². The van der Waals surface area contributed by atoms with E-state index in [1.54, 1.807) is 28.8 Å². The Hall–Kier alpha value is -1.40. The molecule has 2 aromatic carbocycles. The molecule has 1 atom stereocenters. The molecule has 0 bridgehead atoms. The summed E-state index contributed by atoms with van der Waals surface area (Å²) in [4.78, 5) is 14.4. The van der Waals surface area contributed by atoms with Gasteiger partial charge in [-0.3, -0.25) is 4.79 Å². The van der Waals surface area contributed by atoms with Crippen molar-refractivity contribution in [2.24, 2.45) is 0 Å². The van der Waals surface area contributed by atoms with Crippen molar-refractivity contribution < 1.29 is 13.6 Å². The van der Waals surface area contributed by atoms with E-state index in [4.69, 9.17) is 0 Å². The number of amides is 1. The smallest absolute Gasteiger partial charge is 0.253 e. The minimum atomic E-state index is -0.431. The van der Waals surface area contributed by atoms with Crippen LogP contribution in [0.3, 0.4) is 0 Å². The van der Waals surface area contributed by atoms with Crippen LogP contribution in [0.1, 0.15) is 27.6 Å². The monoisotopic (exact) mass is 411 g/mol. The molecule has 126 valence electrons. The highest BCUT2D eigenvalue weighted by molar-refractivity contribution is 9.10. The van der Waals surface area contributed by atoms with Crippen molar-refractivity contribution in [2.45, 2.75) is 11.7 Å². The van der Waals surface area contributed by atoms with Crippen molar-refractivity contribution in [3.63, 3.8) is 0 Å². The molecular formula is C18H16BrF2NOS. The molecule has 2 aromatic rings. The molecule has 0 aromatic heterocycles. The van der Waals surface area contributed by atoms with E-state index in [0.717, 1.165) is 10.5 Å². The van der Waals surface area contributed by atoms with Crippen LogP contribution in [0.2, 0.25) is 0 Å². The molecule has 1 unspecified atom stereocenters. The highest BCUT2D eigenvalue weighted by Crippen LogP contribution is 2.36. The molecule has 1 aliphatic heterocycles. The summed E-state index contributed by atoms with van der Waals surface area (Å²) in [6.45, 7) is 1.13. The Kier molecular flexibility index (Phi) is 5.56. The Balaban J connectivity index is 1.72. The van der Waals surface area contributed by atoms with Crippen LogP contribution in [0, 0.1) is 11.6 Å². The maximum absolute atomic E-state index is 14.0. The van der Waals surface area contributed by atoms with Crippen LogP contribution < -0.4 is 0 Å². The number of carbonyl (C=O) groups is 1. The predicted molar refractivity (Wildman–Crippen MR) is 96.2 cm³/mol. The van der Waals surface area contributed by atoms with Crippen LogP contribution in [0.25, 0.3) is 0 Å². The average Bonchev–Trinajstić information content (AvgIpc) is 2.83. The predicted octanol–water partition coefficient (Wildman–Crippen LogP) is 5.05. The number of nitrogens with zero attached hydrogens (tertiary/aromatic N) is 1. The minimum absolute atomic E-state index is 0.0246. The zero-order valence-electron chi connectivity index (χ0n) is 12.8. The van der Waals surface area contributed by atoms with Gasteiger partial charge < -0.3 is 4.90 Å². The van der Waals surface area contributed by atoms with Gasteiger partial charge in [-0.15, -0.1) is 0 Å². The molecule has 0 aliphatic carbocycles. The maximum atomic E-state index is 14.0. The Morgan fingerprint density at radius 2 is 1.88 bits per heavy atom. The third kappa shape index (κ3) is 3.98. The summed E-state index contributed by atoms with van der Waals surface area (Å²) in [5, 5.41) is -0.136. The highest BCUT2D eigenvalue weighted by atomic mass is 79.9. The molecule has 1 heterocycles. The quantitative estimate of drug-likeness (QED) is 0.688. The van der Waals surface area contributed by atoms with Gasteiger partial charge in [-0.2, -0.15) is 11.8 Å². The van der Waals surface area contributed by atoms with Crippen LogP contribution in [-0.4, -0.2) is 29.6 Å². The molecule has 1 amide bonds. The Morgan fingerprint density at radius 1 is 1.12 bits per heavy atom. The van der Waals surface area contributed by atoms with Gasteiger partial charge in [-0.25, -0.2) is 8.78 Å². The zero-order valence-corrected chi connectivity index (χ0v) is 15.2. The Labute approximate surface area is 152 Å². The Morgan fingerprint density at radius 3 is 2.62 bits per heavy atom. The number of carbonyl (C=O) groups excluding carboxylic acids is 1. The summed E-state index contributed by atoms with van der Waals surface area (Å²) in [7, 11) is 0. The fourth-order valence-electron chi connectivity index (χ4n) is 2.76. The molecule has 1 fully saturated rings. The molecule has 1 aliphatic rings. The first-order valence-corrected chi connectivity index (χ1v) is 9.50. The molecular weight excluding hydrogens is 396 g/mol. The van der Waals surface area contributed by atoms with Crippen LogP contribution in [0.5, 0.6) is 0 Å². The van der Waals surface area contributed by atoms with E-state index in [-0.39, 0.29) is 17.0 Å². The van der Waals surface area contributed by atoms with Crippen LogP contribution >= 0.6 is 27.7 Å². The van der Waals surface area contributed by atoms with E-state index in [9.17, 15) is 13.6 Å². The lowest BCUT2D eigenvalue weighted by atomic mass is 10.1. The number of hydrogen-bond donors (Lipinski definition) is 0. The number of thioether (sulfide) groups is 1. The largest absolute Gasteiger partial charge is 0.338 e. The maximum Gasteiger partial charge on any atom is 0.253 e. The molecule has 6 heteroatoms. The van der Waals surface area contributed by atoms with Crippen LogP contribution in [0.15, 0.2) is 46.9 Å². The number of rotatable bonds is 2. The molecule has 0 radical (unpaired) electrons. The summed E-state index contributed by atoms with van der Waals surface area (Å²) >= 11 is 4.93. The molecule has 2 nitrogen and oxygen atoms in total. The Bertz CT molecular complexity index is 738. The van der Waals surface area contributed by atoms with Gasteiger partial charge in [-0.1, -0.05) is 15.9 Å². The van der Waals surface area contributed by atoms with Gasteiger partial charge in [0.05, 0.1) is 0 Å². The third-order valence-electron chi connectivity index (χ3n) is 4.02. The van der Waals surface area contributed by atoms with E-state index in [1.165, 1.54) is 12.1 Å². The van der Waals surface area contributed by atoms with E-state index in [1.807, 2.05) is 12.1 Å². The van der Waals surface area contributed by atoms with Crippen LogP contribution in [0.4, 0.5) is 8.78 Å². The van der Waals surface area contributed by atoms with Crippen molar-refractivity contribution in [3.8, 4) is 0 Å². The highest BCUT2D eigenvalue weighted by Gasteiger charge is 2.24. The van der Waals surface area contributed by atoms with Crippen molar-refractivity contribution in [3.05, 3.63) is 69.7 Å². The van der Waals surface area contributed by atoms with Gasteiger partial charge in [0.15, 0.2) is 0 Å². The third-order valence-corrected chi connectivity index (χ3v) is 5.86. The average molecular weight is 412 g/mol. The van der Waals surface area contributed by atoms with Crippen LogP contribution in [-0.2, 0) is 0 Å². The van der Waals surface area contributed by atoms with Gasteiger partial charge in [0.2, 0.25) is 0 Å². The van der Waals surface area contributed by atoms with E-state index < -0.39 is 5.82 Å². The minimum Gasteiger partial charge on any atom is -0.338 e. The van der Waals surface area contributed by atoms with Crippen molar-refractivity contribution >= 4 is 33.6 Å². The summed E-state index contributed by atoms with van der Waals surface area (Å²) in [5.41, 5.74) is 1.02. The summed E-state index contributed by atoms with van der Waals surface area (Å²) in [6.07, 6.45) is 0.604. The normalized spacial score (nSPS) is 18.3. The van der Waals surface area contributed by atoms with Gasteiger partial charge in [0.25, 0.3) is 5.91 Å². The summed E-state index contributed by atoms with van der Waals surface area (Å²) in [6, 6.07) is 10.8. The van der Waals surface area contributed by atoms with E-state index in [0.29, 0.717) is 36.4 Å². The first kappa shape index (κ1) is 17.4. The first-order chi connectivity index (χ1) is 11.5. The lowest BCUT2D eigenvalue weighted by Gasteiger charge is -2.20. The fourth-order valence-corrected chi connectivity index (χ4v) is 4.27. The second kappa shape index (κ2) is 7.66. The van der Waals surface area contributed by atoms with Gasteiger partial charge >= 0.3 is 0 Å². The first-order valence-electron chi connectivity index (χ1n) is 7.66. The van der Waals surface area contributed by atoms with E-state index >= 15 is 0 Å². The molecule has 0 saturated carbocycles. The second-order valence-electron chi connectivity index (χ2n) is 5.61. The molecule has 0 spiro atoms.